The number of hydrogen-bond acceptors (Lipinski definition) is 5. The van der Waals surface area contributed by atoms with E-state index >= 15 is 0 Å². The average Bonchev–Trinajstić information content (AvgIpc) is 2.57. The van der Waals surface area contributed by atoms with Crippen LogP contribution in [0.3, 0.4) is 0 Å². The van der Waals surface area contributed by atoms with E-state index in [4.69, 9.17) is 4.74 Å². The maximum atomic E-state index is 12.8. The summed E-state index contributed by atoms with van der Waals surface area (Å²) in [7, 11) is 0. The van der Waals surface area contributed by atoms with Gasteiger partial charge in [-0.15, -0.1) is 0 Å². The number of amides is 1. The van der Waals surface area contributed by atoms with E-state index in [0.717, 1.165) is 5.56 Å². The molecule has 156 valence electrons. The number of ether oxygens (including phenoxy) is 1. The lowest BCUT2D eigenvalue weighted by Gasteiger charge is -2.28. The first-order valence-electron chi connectivity index (χ1n) is 9.37. The summed E-state index contributed by atoms with van der Waals surface area (Å²) in [5, 5.41) is 9.46. The summed E-state index contributed by atoms with van der Waals surface area (Å²) >= 11 is 0. The molecule has 0 spiro atoms. The smallest absolute Gasteiger partial charge is 0.422 e. The van der Waals surface area contributed by atoms with Gasteiger partial charge in [-0.1, -0.05) is 51.1 Å². The van der Waals surface area contributed by atoms with Gasteiger partial charge in [-0.25, -0.2) is 10.2 Å². The van der Waals surface area contributed by atoms with Crippen LogP contribution in [0.4, 0.5) is 4.79 Å². The Bertz CT molecular complexity index is 680. The monoisotopic (exact) mass is 392 g/mol. The lowest BCUT2D eigenvalue weighted by Crippen LogP contribution is -2.51. The second-order valence-corrected chi connectivity index (χ2v) is 8.69. The van der Waals surface area contributed by atoms with E-state index in [2.05, 4.69) is 10.9 Å². The van der Waals surface area contributed by atoms with Gasteiger partial charge in [0.15, 0.2) is 0 Å². The molecule has 0 aromatic heterocycles. The van der Waals surface area contributed by atoms with Crippen molar-refractivity contribution in [3.05, 3.63) is 35.9 Å². The van der Waals surface area contributed by atoms with Gasteiger partial charge in [0.2, 0.25) is 0 Å². The Morgan fingerprint density at radius 1 is 1.07 bits per heavy atom. The number of aliphatic carboxylic acids is 1. The number of ketones is 1. The molecule has 0 saturated heterocycles. The van der Waals surface area contributed by atoms with Crippen molar-refractivity contribution in [2.75, 3.05) is 0 Å². The highest BCUT2D eigenvalue weighted by Crippen LogP contribution is 2.30. The zero-order valence-corrected chi connectivity index (χ0v) is 17.5. The minimum atomic E-state index is -1.16. The first-order chi connectivity index (χ1) is 12.8. The molecule has 0 bridgehead atoms. The largest absolute Gasteiger partial charge is 0.480 e. The Morgan fingerprint density at radius 3 is 2.14 bits per heavy atom. The topological polar surface area (TPSA) is 105 Å². The fourth-order valence-electron chi connectivity index (χ4n) is 2.73. The molecule has 0 heterocycles. The highest BCUT2D eigenvalue weighted by Gasteiger charge is 2.34. The molecule has 3 N–H and O–H groups in total. The molecule has 1 aromatic carbocycles. The van der Waals surface area contributed by atoms with E-state index in [0.29, 0.717) is 6.42 Å². The van der Waals surface area contributed by atoms with Crippen molar-refractivity contribution < 1.29 is 24.2 Å². The number of carbonyl (C=O) groups is 3. The lowest BCUT2D eigenvalue weighted by molar-refractivity contribution is -0.141. The predicted octanol–water partition coefficient (Wildman–Crippen LogP) is 3.65. The van der Waals surface area contributed by atoms with Gasteiger partial charge in [0.1, 0.15) is 17.4 Å². The summed E-state index contributed by atoms with van der Waals surface area (Å²) in [6.45, 7) is 10.5. The number of benzene rings is 1. The third-order valence-corrected chi connectivity index (χ3v) is 4.37. The van der Waals surface area contributed by atoms with Crippen LogP contribution >= 0.6 is 0 Å². The van der Waals surface area contributed by atoms with Crippen molar-refractivity contribution in [3.8, 4) is 0 Å². The molecule has 7 heteroatoms. The Labute approximate surface area is 166 Å². The van der Waals surface area contributed by atoms with Gasteiger partial charge in [-0.2, -0.15) is 0 Å². The van der Waals surface area contributed by atoms with Crippen LogP contribution in [0.1, 0.15) is 65.9 Å². The lowest BCUT2D eigenvalue weighted by atomic mass is 9.77. The number of hydrogen-bond donors (Lipinski definition) is 3. The summed E-state index contributed by atoms with van der Waals surface area (Å²) in [5.41, 5.74) is 4.19. The molecule has 0 saturated carbocycles. The fraction of sp³-hybridized carbons (Fsp3) is 0.571. The van der Waals surface area contributed by atoms with Crippen molar-refractivity contribution in [1.29, 1.82) is 0 Å². The molecule has 1 aromatic rings. The zero-order valence-electron chi connectivity index (χ0n) is 17.5. The summed E-state index contributed by atoms with van der Waals surface area (Å²) in [6.07, 6.45) is -0.443. The van der Waals surface area contributed by atoms with Crippen LogP contribution in [0.2, 0.25) is 0 Å². The van der Waals surface area contributed by atoms with Crippen molar-refractivity contribution in [2.45, 2.75) is 71.9 Å². The molecule has 28 heavy (non-hydrogen) atoms. The van der Waals surface area contributed by atoms with Crippen molar-refractivity contribution >= 4 is 17.8 Å². The second kappa shape index (κ2) is 9.68. The van der Waals surface area contributed by atoms with Crippen LogP contribution in [0.25, 0.3) is 0 Å². The summed E-state index contributed by atoms with van der Waals surface area (Å²) in [4.78, 5) is 36.1. The molecule has 0 radical (unpaired) electrons. The van der Waals surface area contributed by atoms with Gasteiger partial charge in [-0.05, 0) is 38.7 Å². The molecule has 2 atom stereocenters. The van der Waals surface area contributed by atoms with Gasteiger partial charge in [0, 0.05) is 11.8 Å². The minimum Gasteiger partial charge on any atom is -0.480 e. The van der Waals surface area contributed by atoms with E-state index in [1.54, 1.807) is 34.6 Å². The van der Waals surface area contributed by atoms with Crippen LogP contribution in [0.5, 0.6) is 0 Å². The minimum absolute atomic E-state index is 0.0263. The maximum Gasteiger partial charge on any atom is 0.422 e. The Kier molecular flexibility index (Phi) is 8.17. The number of carbonyl (C=O) groups excluding carboxylic acids is 2. The molecular formula is C21H32N2O5. The number of carboxylic acid groups (broad SMARTS) is 1. The molecule has 0 aliphatic rings. The fourth-order valence-corrected chi connectivity index (χ4v) is 2.73. The van der Waals surface area contributed by atoms with E-state index in [1.807, 2.05) is 37.3 Å². The van der Waals surface area contributed by atoms with E-state index < -0.39 is 29.1 Å². The standard InChI is InChI=1S/C21H32N2O5/c1-14(15-10-8-7-9-11-15)12-17(24)21(5,6)13-16(18(25)26)22-23-19(27)28-20(2,3)4/h7-11,14,16,22H,12-13H2,1-6H3,(H,23,27)(H,25,26). The van der Waals surface area contributed by atoms with E-state index in [-0.39, 0.29) is 18.1 Å². The quantitative estimate of drug-likeness (QED) is 0.554. The van der Waals surface area contributed by atoms with E-state index in [1.165, 1.54) is 0 Å². The Hall–Kier alpha value is -2.41. The van der Waals surface area contributed by atoms with Gasteiger partial charge in [0.25, 0.3) is 0 Å². The Morgan fingerprint density at radius 2 is 1.64 bits per heavy atom. The van der Waals surface area contributed by atoms with Crippen LogP contribution in [0.15, 0.2) is 30.3 Å². The first-order valence-corrected chi connectivity index (χ1v) is 9.37. The molecule has 0 fully saturated rings. The number of Topliss-reactive ketones (excluding diaryl/α,β-unsaturated/α-hetero) is 1. The average molecular weight is 392 g/mol. The predicted molar refractivity (Wildman–Crippen MR) is 107 cm³/mol. The zero-order chi connectivity index (χ0) is 21.5. The number of carboxylic acids is 1. The highest BCUT2D eigenvalue weighted by atomic mass is 16.6. The molecular weight excluding hydrogens is 360 g/mol. The first kappa shape index (κ1) is 23.6. The maximum absolute atomic E-state index is 12.8. The third kappa shape index (κ3) is 8.08. The second-order valence-electron chi connectivity index (χ2n) is 8.69. The van der Waals surface area contributed by atoms with Gasteiger partial charge in [-0.3, -0.25) is 15.0 Å². The van der Waals surface area contributed by atoms with Crippen molar-refractivity contribution in [2.24, 2.45) is 5.41 Å². The van der Waals surface area contributed by atoms with Crippen LogP contribution < -0.4 is 10.9 Å². The summed E-state index contributed by atoms with van der Waals surface area (Å²) in [5.74, 6) is -1.16. The normalized spacial score (nSPS) is 14.1. The third-order valence-electron chi connectivity index (χ3n) is 4.37. The van der Waals surface area contributed by atoms with E-state index in [9.17, 15) is 19.5 Å². The summed E-state index contributed by atoms with van der Waals surface area (Å²) < 4.78 is 5.07. The molecule has 1 rings (SSSR count). The highest BCUT2D eigenvalue weighted by molar-refractivity contribution is 5.86. The van der Waals surface area contributed by atoms with Crippen molar-refractivity contribution in [1.82, 2.24) is 10.9 Å². The van der Waals surface area contributed by atoms with Crippen molar-refractivity contribution in [3.63, 3.8) is 0 Å². The molecule has 2 unspecified atom stereocenters. The summed E-state index contributed by atoms with van der Waals surface area (Å²) in [6, 6.07) is 8.58. The molecule has 1 amide bonds. The number of hydrazine groups is 1. The van der Waals surface area contributed by atoms with Crippen LogP contribution in [-0.2, 0) is 14.3 Å². The van der Waals surface area contributed by atoms with Gasteiger partial charge in [0.05, 0.1) is 0 Å². The van der Waals surface area contributed by atoms with Gasteiger partial charge < -0.3 is 9.84 Å². The SMILES string of the molecule is CC(CC(=O)C(C)(C)CC(NNC(=O)OC(C)(C)C)C(=O)O)c1ccccc1. The van der Waals surface area contributed by atoms with Crippen LogP contribution in [-0.4, -0.2) is 34.6 Å². The molecule has 7 nitrogen and oxygen atoms in total. The number of nitrogens with one attached hydrogen (secondary N) is 2. The molecule has 0 aliphatic heterocycles. The van der Waals surface area contributed by atoms with Gasteiger partial charge >= 0.3 is 12.1 Å². The number of rotatable bonds is 9. The van der Waals surface area contributed by atoms with Crippen LogP contribution in [0, 0.1) is 5.41 Å². The Balaban J connectivity index is 2.69. The molecule has 0 aliphatic carbocycles.